The van der Waals surface area contributed by atoms with Gasteiger partial charge in [-0.3, -0.25) is 0 Å². The van der Waals surface area contributed by atoms with Gasteiger partial charge in [0.1, 0.15) is 19.0 Å². The van der Waals surface area contributed by atoms with Gasteiger partial charge in [0, 0.05) is 12.6 Å². The van der Waals surface area contributed by atoms with Gasteiger partial charge in [-0.1, -0.05) is 17.7 Å². The zero-order valence-electron chi connectivity index (χ0n) is 13.1. The summed E-state index contributed by atoms with van der Waals surface area (Å²) < 4.78 is 15.6. The quantitative estimate of drug-likeness (QED) is 0.528. The lowest BCUT2D eigenvalue weighted by atomic mass is 10.2. The second-order valence-corrected chi connectivity index (χ2v) is 4.84. The normalized spacial score (nSPS) is 12.0. The predicted molar refractivity (Wildman–Crippen MR) is 81.6 cm³/mol. The summed E-state index contributed by atoms with van der Waals surface area (Å²) in [6.45, 7) is 7.96. The van der Waals surface area contributed by atoms with Crippen molar-refractivity contribution in [2.45, 2.75) is 26.8 Å². The number of hydrogen-bond donors (Lipinski definition) is 1. The molecule has 118 valence electrons. The molecule has 0 amide bonds. The molecular formula is C16H25NO4. The third kappa shape index (κ3) is 8.32. The summed E-state index contributed by atoms with van der Waals surface area (Å²) in [4.78, 5) is 11.0. The van der Waals surface area contributed by atoms with Crippen LogP contribution >= 0.6 is 0 Å². The van der Waals surface area contributed by atoms with Crippen molar-refractivity contribution < 1.29 is 19.0 Å². The van der Waals surface area contributed by atoms with Crippen molar-refractivity contribution in [3.8, 4) is 5.75 Å². The maximum absolute atomic E-state index is 11.0. The number of nitrogens with one attached hydrogen (secondary N) is 1. The van der Waals surface area contributed by atoms with Crippen LogP contribution in [0.2, 0.25) is 0 Å². The van der Waals surface area contributed by atoms with Crippen molar-refractivity contribution in [3.63, 3.8) is 0 Å². The SMILES string of the molecule is CCOC(=O)COCCNC(C)COc1ccc(C)cc1. The molecule has 0 fully saturated rings. The Morgan fingerprint density at radius 1 is 1.29 bits per heavy atom. The van der Waals surface area contributed by atoms with Crippen molar-refractivity contribution in [2.24, 2.45) is 0 Å². The van der Waals surface area contributed by atoms with Gasteiger partial charge >= 0.3 is 5.97 Å². The van der Waals surface area contributed by atoms with Gasteiger partial charge in [-0.05, 0) is 32.9 Å². The molecule has 0 bridgehead atoms. The van der Waals surface area contributed by atoms with Gasteiger partial charge in [-0.25, -0.2) is 4.79 Å². The van der Waals surface area contributed by atoms with E-state index in [-0.39, 0.29) is 18.6 Å². The first-order chi connectivity index (χ1) is 10.1. The molecule has 1 aromatic rings. The fourth-order valence-corrected chi connectivity index (χ4v) is 1.65. The summed E-state index contributed by atoms with van der Waals surface area (Å²) >= 11 is 0. The number of carbonyl (C=O) groups is 1. The van der Waals surface area contributed by atoms with Crippen LogP contribution in [0.3, 0.4) is 0 Å². The summed E-state index contributed by atoms with van der Waals surface area (Å²) in [7, 11) is 0. The lowest BCUT2D eigenvalue weighted by molar-refractivity contribution is -0.148. The summed E-state index contributed by atoms with van der Waals surface area (Å²) in [6.07, 6.45) is 0. The van der Waals surface area contributed by atoms with E-state index in [0.717, 1.165) is 5.75 Å². The third-order valence-electron chi connectivity index (χ3n) is 2.79. The van der Waals surface area contributed by atoms with Crippen LogP contribution in [0.15, 0.2) is 24.3 Å². The molecule has 0 spiro atoms. The van der Waals surface area contributed by atoms with Crippen LogP contribution in [0.1, 0.15) is 19.4 Å². The highest BCUT2D eigenvalue weighted by molar-refractivity contribution is 5.70. The molecule has 0 aliphatic rings. The molecule has 0 saturated carbocycles. The van der Waals surface area contributed by atoms with Gasteiger partial charge < -0.3 is 19.5 Å². The number of rotatable bonds is 10. The average Bonchev–Trinajstić information content (AvgIpc) is 2.46. The smallest absolute Gasteiger partial charge is 0.332 e. The molecule has 5 heteroatoms. The van der Waals surface area contributed by atoms with E-state index in [1.165, 1.54) is 5.56 Å². The van der Waals surface area contributed by atoms with E-state index in [0.29, 0.717) is 26.4 Å². The minimum Gasteiger partial charge on any atom is -0.492 e. The van der Waals surface area contributed by atoms with Gasteiger partial charge in [-0.15, -0.1) is 0 Å². The Bertz CT molecular complexity index is 405. The molecule has 1 aromatic carbocycles. The zero-order chi connectivity index (χ0) is 15.5. The van der Waals surface area contributed by atoms with Crippen molar-refractivity contribution in [1.82, 2.24) is 5.32 Å². The Kier molecular flexibility index (Phi) is 8.47. The molecule has 0 aliphatic heterocycles. The maximum Gasteiger partial charge on any atom is 0.332 e. The van der Waals surface area contributed by atoms with Crippen molar-refractivity contribution in [2.75, 3.05) is 33.0 Å². The summed E-state index contributed by atoms with van der Waals surface area (Å²) in [5.41, 5.74) is 1.22. The van der Waals surface area contributed by atoms with Crippen molar-refractivity contribution in [1.29, 1.82) is 0 Å². The Morgan fingerprint density at radius 3 is 2.67 bits per heavy atom. The maximum atomic E-state index is 11.0. The Balaban J connectivity index is 2.04. The van der Waals surface area contributed by atoms with Crippen LogP contribution < -0.4 is 10.1 Å². The van der Waals surface area contributed by atoms with E-state index in [1.54, 1.807) is 6.92 Å². The molecule has 0 saturated heterocycles. The van der Waals surface area contributed by atoms with E-state index in [4.69, 9.17) is 14.2 Å². The second kappa shape index (κ2) is 10.2. The number of esters is 1. The first-order valence-electron chi connectivity index (χ1n) is 7.28. The lowest BCUT2D eigenvalue weighted by Gasteiger charge is -2.15. The van der Waals surface area contributed by atoms with E-state index >= 15 is 0 Å². The fourth-order valence-electron chi connectivity index (χ4n) is 1.65. The molecule has 5 nitrogen and oxygen atoms in total. The predicted octanol–water partition coefficient (Wildman–Crippen LogP) is 1.93. The van der Waals surface area contributed by atoms with E-state index in [2.05, 4.69) is 5.32 Å². The molecule has 0 aromatic heterocycles. The molecule has 0 heterocycles. The van der Waals surface area contributed by atoms with Crippen LogP contribution in [0.25, 0.3) is 0 Å². The summed E-state index contributed by atoms with van der Waals surface area (Å²) in [5.74, 6) is 0.543. The first kappa shape index (κ1) is 17.5. The minimum absolute atomic E-state index is 0.00374. The number of hydrogen-bond acceptors (Lipinski definition) is 5. The second-order valence-electron chi connectivity index (χ2n) is 4.84. The molecule has 1 rings (SSSR count). The lowest BCUT2D eigenvalue weighted by Crippen LogP contribution is -2.34. The Morgan fingerprint density at radius 2 is 2.00 bits per heavy atom. The number of carbonyl (C=O) groups excluding carboxylic acids is 1. The largest absolute Gasteiger partial charge is 0.492 e. The standard InChI is InChI=1S/C16H25NO4/c1-4-20-16(18)12-19-10-9-17-14(3)11-21-15-7-5-13(2)6-8-15/h5-8,14,17H,4,9-12H2,1-3H3. The van der Waals surface area contributed by atoms with Crippen LogP contribution in [-0.4, -0.2) is 45.0 Å². The number of aryl methyl sites for hydroxylation is 1. The monoisotopic (exact) mass is 295 g/mol. The molecule has 1 N–H and O–H groups in total. The Labute approximate surface area is 126 Å². The highest BCUT2D eigenvalue weighted by Gasteiger charge is 2.04. The molecule has 0 radical (unpaired) electrons. The van der Waals surface area contributed by atoms with Gasteiger partial charge in [0.2, 0.25) is 0 Å². The first-order valence-corrected chi connectivity index (χ1v) is 7.28. The van der Waals surface area contributed by atoms with Crippen molar-refractivity contribution >= 4 is 5.97 Å². The fraction of sp³-hybridized carbons (Fsp3) is 0.562. The molecular weight excluding hydrogens is 270 g/mol. The van der Waals surface area contributed by atoms with Gasteiger partial charge in [0.05, 0.1) is 13.2 Å². The van der Waals surface area contributed by atoms with Crippen LogP contribution in [0.4, 0.5) is 0 Å². The molecule has 1 unspecified atom stereocenters. The Hall–Kier alpha value is -1.59. The summed E-state index contributed by atoms with van der Waals surface area (Å²) in [6, 6.07) is 8.18. The van der Waals surface area contributed by atoms with Gasteiger partial charge in [0.25, 0.3) is 0 Å². The minimum atomic E-state index is -0.326. The molecule has 21 heavy (non-hydrogen) atoms. The summed E-state index contributed by atoms with van der Waals surface area (Å²) in [5, 5.41) is 3.27. The zero-order valence-corrected chi connectivity index (χ0v) is 13.1. The third-order valence-corrected chi connectivity index (χ3v) is 2.79. The van der Waals surface area contributed by atoms with Crippen LogP contribution in [0, 0.1) is 6.92 Å². The van der Waals surface area contributed by atoms with Crippen LogP contribution in [-0.2, 0) is 14.3 Å². The number of ether oxygens (including phenoxy) is 3. The van der Waals surface area contributed by atoms with Gasteiger partial charge in [-0.2, -0.15) is 0 Å². The molecule has 1 atom stereocenters. The van der Waals surface area contributed by atoms with Crippen LogP contribution in [0.5, 0.6) is 5.75 Å². The van der Waals surface area contributed by atoms with E-state index in [1.807, 2.05) is 38.1 Å². The van der Waals surface area contributed by atoms with E-state index < -0.39 is 0 Å². The highest BCUT2D eigenvalue weighted by Crippen LogP contribution is 2.11. The topological polar surface area (TPSA) is 56.8 Å². The number of benzene rings is 1. The average molecular weight is 295 g/mol. The van der Waals surface area contributed by atoms with Gasteiger partial charge in [0.15, 0.2) is 0 Å². The van der Waals surface area contributed by atoms with Crippen molar-refractivity contribution in [3.05, 3.63) is 29.8 Å². The highest BCUT2D eigenvalue weighted by atomic mass is 16.6. The molecule has 0 aliphatic carbocycles. The van der Waals surface area contributed by atoms with E-state index in [9.17, 15) is 4.79 Å².